The van der Waals surface area contributed by atoms with Gasteiger partial charge in [-0.2, -0.15) is 13.2 Å². The van der Waals surface area contributed by atoms with Crippen molar-refractivity contribution in [2.24, 2.45) is 0 Å². The van der Waals surface area contributed by atoms with Crippen LogP contribution >= 0.6 is 12.4 Å². The van der Waals surface area contributed by atoms with E-state index in [-0.39, 0.29) is 41.3 Å². The van der Waals surface area contributed by atoms with Gasteiger partial charge in [0.05, 0.1) is 0 Å². The first kappa shape index (κ1) is 23.0. The zero-order valence-electron chi connectivity index (χ0n) is 16.8. The Kier molecular flexibility index (Phi) is 5.98. The lowest BCUT2D eigenvalue weighted by Crippen LogP contribution is -2.46. The molecule has 30 heavy (non-hydrogen) atoms. The molecule has 1 aliphatic heterocycles. The molecule has 4 rings (SSSR count). The second-order valence-corrected chi connectivity index (χ2v) is 8.70. The Morgan fingerprint density at radius 3 is 2.37 bits per heavy atom. The fraction of sp³-hybridized carbons (Fsp3) is 0.478. The molecule has 0 aromatic heterocycles. The molecule has 7 heteroatoms. The first-order valence-electron chi connectivity index (χ1n) is 9.93. The maximum Gasteiger partial charge on any atom is 0.426 e. The number of fused-ring (bicyclic) bond motifs is 3. The summed E-state index contributed by atoms with van der Waals surface area (Å²) in [6.45, 7) is 2.68. The standard InChI is InChI=1S/C23H24F5N.ClH/c1-14-12-22(13-15-3-7-18(24)8-4-15)19-9-6-17(21(2,25)23(26,27)28)11-16(19)5-10-20(22)29-14;/h3-4,6-9,11,14,20,29H,5,10,12-13H2,1-2H3;1H/t14-,20?,21?,22?;/m1./s1. The Hall–Kier alpha value is -1.66. The van der Waals surface area contributed by atoms with Crippen molar-refractivity contribution in [3.63, 3.8) is 0 Å². The van der Waals surface area contributed by atoms with Gasteiger partial charge in [-0.15, -0.1) is 12.4 Å². The van der Waals surface area contributed by atoms with E-state index in [0.717, 1.165) is 29.5 Å². The van der Waals surface area contributed by atoms with Gasteiger partial charge >= 0.3 is 6.18 Å². The molecule has 0 radical (unpaired) electrons. The van der Waals surface area contributed by atoms with Gasteiger partial charge in [-0.25, -0.2) is 8.78 Å². The van der Waals surface area contributed by atoms with E-state index >= 15 is 0 Å². The Bertz CT molecular complexity index is 909. The molecule has 0 bridgehead atoms. The number of benzene rings is 2. The molecule has 1 saturated heterocycles. The molecule has 1 aliphatic carbocycles. The summed E-state index contributed by atoms with van der Waals surface area (Å²) < 4.78 is 67.5. The van der Waals surface area contributed by atoms with Crippen LogP contribution in [-0.2, 0) is 23.9 Å². The zero-order chi connectivity index (χ0) is 21.0. The number of aryl methyl sites for hydroxylation is 1. The highest BCUT2D eigenvalue weighted by atomic mass is 35.5. The Balaban J connectivity index is 0.00000256. The van der Waals surface area contributed by atoms with E-state index in [4.69, 9.17) is 0 Å². The Morgan fingerprint density at radius 2 is 1.73 bits per heavy atom. The van der Waals surface area contributed by atoms with Crippen LogP contribution in [0.15, 0.2) is 42.5 Å². The SMILES string of the molecule is C[C@@H]1CC2(Cc3ccc(F)cc3)c3ccc(C(C)(F)C(F)(F)F)cc3CCC2N1.Cl. The largest absolute Gasteiger partial charge is 0.426 e. The summed E-state index contributed by atoms with van der Waals surface area (Å²) in [5.74, 6) is -0.302. The molecule has 0 spiro atoms. The highest BCUT2D eigenvalue weighted by Gasteiger charge is 2.54. The highest BCUT2D eigenvalue weighted by Crippen LogP contribution is 2.49. The second-order valence-electron chi connectivity index (χ2n) is 8.70. The fourth-order valence-corrected chi connectivity index (χ4v) is 5.21. The van der Waals surface area contributed by atoms with Crippen LogP contribution in [0.2, 0.25) is 0 Å². The molecule has 1 heterocycles. The zero-order valence-corrected chi connectivity index (χ0v) is 17.6. The van der Waals surface area contributed by atoms with Crippen molar-refractivity contribution < 1.29 is 22.0 Å². The van der Waals surface area contributed by atoms with E-state index in [1.165, 1.54) is 24.3 Å². The molecule has 2 aromatic rings. The second kappa shape index (κ2) is 7.79. The van der Waals surface area contributed by atoms with Gasteiger partial charge in [-0.1, -0.05) is 30.3 Å². The number of alkyl halides is 4. The van der Waals surface area contributed by atoms with E-state index < -0.39 is 11.8 Å². The molecule has 1 N–H and O–H groups in total. The van der Waals surface area contributed by atoms with Crippen molar-refractivity contribution >= 4 is 12.4 Å². The van der Waals surface area contributed by atoms with Gasteiger partial charge in [0.15, 0.2) is 0 Å². The molecular formula is C23H25ClF5N. The van der Waals surface area contributed by atoms with Crippen molar-refractivity contribution in [2.45, 2.75) is 68.9 Å². The van der Waals surface area contributed by atoms with Crippen molar-refractivity contribution in [1.82, 2.24) is 5.32 Å². The molecule has 0 saturated carbocycles. The summed E-state index contributed by atoms with van der Waals surface area (Å²) in [6, 6.07) is 11.2. The van der Waals surface area contributed by atoms with E-state index in [2.05, 4.69) is 12.2 Å². The number of halogens is 6. The minimum Gasteiger partial charge on any atom is -0.311 e. The van der Waals surface area contributed by atoms with Gasteiger partial charge in [0.1, 0.15) is 5.82 Å². The third-order valence-corrected chi connectivity index (χ3v) is 6.67. The Morgan fingerprint density at radius 1 is 1.07 bits per heavy atom. The number of rotatable bonds is 3. The smallest absolute Gasteiger partial charge is 0.311 e. The Labute approximate surface area is 179 Å². The maximum absolute atomic E-state index is 14.5. The summed E-state index contributed by atoms with van der Waals surface area (Å²) in [5.41, 5.74) is -1.28. The van der Waals surface area contributed by atoms with Gasteiger partial charge in [0.2, 0.25) is 5.67 Å². The van der Waals surface area contributed by atoms with Gasteiger partial charge in [-0.05, 0) is 73.9 Å². The van der Waals surface area contributed by atoms with Gasteiger partial charge in [0, 0.05) is 17.5 Å². The third-order valence-electron chi connectivity index (χ3n) is 6.67. The number of nitrogens with one attached hydrogen (secondary N) is 1. The lowest BCUT2D eigenvalue weighted by Gasteiger charge is -2.42. The predicted molar refractivity (Wildman–Crippen MR) is 109 cm³/mol. The highest BCUT2D eigenvalue weighted by molar-refractivity contribution is 5.85. The third kappa shape index (κ3) is 3.73. The van der Waals surface area contributed by atoms with Gasteiger partial charge in [-0.3, -0.25) is 0 Å². The topological polar surface area (TPSA) is 12.0 Å². The monoisotopic (exact) mass is 445 g/mol. The fourth-order valence-electron chi connectivity index (χ4n) is 5.21. The van der Waals surface area contributed by atoms with Crippen molar-refractivity contribution in [2.75, 3.05) is 0 Å². The first-order chi connectivity index (χ1) is 13.5. The summed E-state index contributed by atoms with van der Waals surface area (Å²) in [7, 11) is 0. The van der Waals surface area contributed by atoms with Crippen LogP contribution in [0.5, 0.6) is 0 Å². The molecule has 164 valence electrons. The molecule has 1 nitrogen and oxygen atoms in total. The minimum absolute atomic E-state index is 0. The van der Waals surface area contributed by atoms with E-state index in [9.17, 15) is 22.0 Å². The molecule has 4 atom stereocenters. The van der Waals surface area contributed by atoms with Crippen LogP contribution < -0.4 is 5.32 Å². The van der Waals surface area contributed by atoms with Crippen molar-refractivity contribution in [3.05, 3.63) is 70.5 Å². The van der Waals surface area contributed by atoms with Crippen LogP contribution in [-0.4, -0.2) is 18.3 Å². The van der Waals surface area contributed by atoms with Gasteiger partial charge in [0.25, 0.3) is 0 Å². The van der Waals surface area contributed by atoms with Crippen molar-refractivity contribution in [3.8, 4) is 0 Å². The molecular weight excluding hydrogens is 421 g/mol. The molecule has 1 fully saturated rings. The van der Waals surface area contributed by atoms with Crippen LogP contribution in [0.4, 0.5) is 22.0 Å². The van der Waals surface area contributed by atoms with Crippen molar-refractivity contribution in [1.29, 1.82) is 0 Å². The summed E-state index contributed by atoms with van der Waals surface area (Å²) in [5, 5.41) is 3.61. The van der Waals surface area contributed by atoms with E-state index in [1.807, 2.05) is 0 Å². The number of hydrogen-bond donors (Lipinski definition) is 1. The summed E-state index contributed by atoms with van der Waals surface area (Å²) in [6.07, 6.45) is -2.10. The summed E-state index contributed by atoms with van der Waals surface area (Å²) >= 11 is 0. The molecule has 3 unspecified atom stereocenters. The normalized spacial score (nSPS) is 27.6. The average Bonchev–Trinajstić information content (AvgIpc) is 2.98. The summed E-state index contributed by atoms with van der Waals surface area (Å²) in [4.78, 5) is 0. The maximum atomic E-state index is 14.5. The number of hydrogen-bond acceptors (Lipinski definition) is 1. The minimum atomic E-state index is -4.96. The van der Waals surface area contributed by atoms with E-state index in [0.29, 0.717) is 19.8 Å². The van der Waals surface area contributed by atoms with Crippen LogP contribution in [0.25, 0.3) is 0 Å². The quantitative estimate of drug-likeness (QED) is 0.557. The molecule has 2 aliphatic rings. The molecule has 2 aromatic carbocycles. The lowest BCUT2D eigenvalue weighted by molar-refractivity contribution is -0.228. The van der Waals surface area contributed by atoms with Crippen LogP contribution in [0, 0.1) is 5.82 Å². The van der Waals surface area contributed by atoms with Gasteiger partial charge < -0.3 is 5.32 Å². The lowest BCUT2D eigenvalue weighted by atomic mass is 9.63. The van der Waals surface area contributed by atoms with Crippen LogP contribution in [0.1, 0.15) is 48.9 Å². The average molecular weight is 446 g/mol. The predicted octanol–water partition coefficient (Wildman–Crippen LogP) is 6.17. The first-order valence-corrected chi connectivity index (χ1v) is 9.93. The molecule has 0 amide bonds. The van der Waals surface area contributed by atoms with E-state index in [1.54, 1.807) is 18.2 Å². The van der Waals surface area contributed by atoms with Crippen LogP contribution in [0.3, 0.4) is 0 Å².